The Hall–Kier alpha value is -2.98. The predicted molar refractivity (Wildman–Crippen MR) is 150 cm³/mol. The number of nitrogens with one attached hydrogen (secondary N) is 2. The second kappa shape index (κ2) is 10.2. The van der Waals surface area contributed by atoms with Crippen molar-refractivity contribution in [2.24, 2.45) is 5.92 Å². The topological polar surface area (TPSA) is 46.1 Å². The molecule has 3 aliphatic rings. The summed E-state index contributed by atoms with van der Waals surface area (Å²) < 4.78 is 2.50. The minimum Gasteiger partial charge on any atom is -0.356 e. The Morgan fingerprint density at radius 3 is 2.67 bits per heavy atom. The van der Waals surface area contributed by atoms with E-state index >= 15 is 0 Å². The zero-order chi connectivity index (χ0) is 24.5. The Balaban J connectivity index is 1.30. The van der Waals surface area contributed by atoms with E-state index in [1.165, 1.54) is 72.0 Å². The third-order valence-corrected chi connectivity index (χ3v) is 8.34. The smallest absolute Gasteiger partial charge is 0.224 e. The fraction of sp³-hybridized carbons (Fsp3) is 0.387. The summed E-state index contributed by atoms with van der Waals surface area (Å²) in [5.41, 5.74) is 8.30. The fourth-order valence-electron chi connectivity index (χ4n) is 5.88. The van der Waals surface area contributed by atoms with Crippen molar-refractivity contribution >= 4 is 45.9 Å². The maximum atomic E-state index is 11.9. The van der Waals surface area contributed by atoms with Gasteiger partial charge in [-0.25, -0.2) is 0 Å². The number of benzene rings is 2. The molecule has 3 aromatic rings. The number of fused-ring (bicyclic) bond motifs is 2. The van der Waals surface area contributed by atoms with Gasteiger partial charge in [-0.3, -0.25) is 4.79 Å². The van der Waals surface area contributed by atoms with Gasteiger partial charge in [-0.1, -0.05) is 36.9 Å². The number of carbonyl (C=O) groups is 1. The highest BCUT2D eigenvalue weighted by Gasteiger charge is 2.19. The maximum Gasteiger partial charge on any atom is 0.224 e. The number of nitrogens with zero attached hydrogens (tertiary/aromatic N) is 1. The highest BCUT2D eigenvalue weighted by atomic mass is 35.5. The van der Waals surface area contributed by atoms with Crippen molar-refractivity contribution in [2.75, 3.05) is 10.6 Å². The second-order valence-electron chi connectivity index (χ2n) is 10.6. The van der Waals surface area contributed by atoms with E-state index < -0.39 is 0 Å². The Labute approximate surface area is 218 Å². The largest absolute Gasteiger partial charge is 0.356 e. The van der Waals surface area contributed by atoms with Crippen molar-refractivity contribution in [2.45, 2.75) is 70.8 Å². The van der Waals surface area contributed by atoms with Crippen LogP contribution < -0.4 is 10.6 Å². The van der Waals surface area contributed by atoms with Crippen molar-refractivity contribution in [3.8, 4) is 0 Å². The average molecular weight is 500 g/mol. The van der Waals surface area contributed by atoms with E-state index in [1.54, 1.807) is 0 Å². The molecule has 0 bridgehead atoms. The van der Waals surface area contributed by atoms with Crippen LogP contribution in [-0.4, -0.2) is 10.5 Å². The number of amides is 1. The molecular weight excluding hydrogens is 466 g/mol. The predicted octanol–water partition coefficient (Wildman–Crippen LogP) is 8.32. The molecule has 2 fully saturated rings. The first-order valence-corrected chi connectivity index (χ1v) is 13.9. The van der Waals surface area contributed by atoms with E-state index in [4.69, 9.17) is 11.6 Å². The molecule has 0 atom stereocenters. The lowest BCUT2D eigenvalue weighted by atomic mass is 9.89. The van der Waals surface area contributed by atoms with Crippen LogP contribution >= 0.6 is 11.6 Å². The fourth-order valence-corrected chi connectivity index (χ4v) is 6.06. The van der Waals surface area contributed by atoms with Gasteiger partial charge in [0.05, 0.1) is 0 Å². The van der Waals surface area contributed by atoms with Gasteiger partial charge < -0.3 is 15.2 Å². The Kier molecular flexibility index (Phi) is 6.62. The summed E-state index contributed by atoms with van der Waals surface area (Å²) in [6, 6.07) is 14.9. The molecule has 2 N–H and O–H groups in total. The van der Waals surface area contributed by atoms with Crippen LogP contribution in [0.25, 0.3) is 17.0 Å². The van der Waals surface area contributed by atoms with Crippen LogP contribution in [0.15, 0.2) is 59.8 Å². The van der Waals surface area contributed by atoms with E-state index in [1.807, 2.05) is 6.07 Å². The molecule has 0 spiro atoms. The normalized spacial score (nSPS) is 18.2. The summed E-state index contributed by atoms with van der Waals surface area (Å²) in [6.07, 6.45) is 16.1. The number of anilines is 2. The van der Waals surface area contributed by atoms with Crippen LogP contribution in [-0.2, 0) is 17.8 Å². The summed E-state index contributed by atoms with van der Waals surface area (Å²) in [5, 5.41) is 8.68. The lowest BCUT2D eigenvalue weighted by Gasteiger charge is -2.24. The average Bonchev–Trinajstić information content (AvgIpc) is 3.18. The number of rotatable bonds is 6. The molecular formula is C31H34ClN3O. The van der Waals surface area contributed by atoms with E-state index in [0.717, 1.165) is 48.1 Å². The van der Waals surface area contributed by atoms with Crippen molar-refractivity contribution in [3.63, 3.8) is 0 Å². The zero-order valence-electron chi connectivity index (χ0n) is 20.8. The third-order valence-electron chi connectivity index (χ3n) is 8.10. The number of halogens is 1. The number of hydrogen-bond donors (Lipinski definition) is 2. The molecule has 0 radical (unpaired) electrons. The summed E-state index contributed by atoms with van der Waals surface area (Å²) in [5.74, 6) is 0.841. The summed E-state index contributed by atoms with van der Waals surface area (Å²) in [4.78, 5) is 11.9. The highest BCUT2D eigenvalue weighted by Crippen LogP contribution is 2.34. The Bertz CT molecular complexity index is 1350. The van der Waals surface area contributed by atoms with Gasteiger partial charge in [-0.05, 0) is 104 Å². The summed E-state index contributed by atoms with van der Waals surface area (Å²) in [7, 11) is 0. The Morgan fingerprint density at radius 2 is 1.86 bits per heavy atom. The molecule has 1 amide bonds. The molecule has 5 heteroatoms. The van der Waals surface area contributed by atoms with Crippen LogP contribution in [0.5, 0.6) is 0 Å². The minimum atomic E-state index is 0.100. The van der Waals surface area contributed by atoms with E-state index in [9.17, 15) is 4.79 Å². The van der Waals surface area contributed by atoms with Crippen LogP contribution in [0.3, 0.4) is 0 Å². The molecule has 1 aromatic heterocycles. The Morgan fingerprint density at radius 1 is 1.00 bits per heavy atom. The molecule has 2 aromatic carbocycles. The number of aryl methyl sites for hydroxylation is 1. The molecule has 186 valence electrons. The van der Waals surface area contributed by atoms with Gasteiger partial charge in [0.15, 0.2) is 0 Å². The lowest BCUT2D eigenvalue weighted by Crippen LogP contribution is -2.19. The van der Waals surface area contributed by atoms with Gasteiger partial charge in [-0.15, -0.1) is 0 Å². The first kappa shape index (κ1) is 23.4. The molecule has 0 saturated heterocycles. The quantitative estimate of drug-likeness (QED) is 0.358. The third kappa shape index (κ3) is 4.97. The first-order valence-electron chi connectivity index (χ1n) is 13.5. The molecule has 4 nitrogen and oxygen atoms in total. The van der Waals surface area contributed by atoms with Crippen LogP contribution in [0.1, 0.15) is 69.0 Å². The van der Waals surface area contributed by atoms with E-state index in [0.29, 0.717) is 6.42 Å². The SMILES string of the molecule is O=C1CCc2ccc(NC(/C=C/c3cc4cc(Cl)ccc4n3CC3CCCCC3)=C3CCC3)cc2N1. The zero-order valence-corrected chi connectivity index (χ0v) is 21.5. The number of carbonyl (C=O) groups excluding carboxylic acids is 1. The molecule has 2 heterocycles. The van der Waals surface area contributed by atoms with E-state index in [-0.39, 0.29) is 5.91 Å². The first-order chi connectivity index (χ1) is 17.6. The standard InChI is InChI=1S/C31H34ClN3O/c32-25-11-15-30-24(17-25)18-27(35(30)20-21-5-2-1-3-6-21)13-14-28(22-7-4-8-22)33-26-12-9-23-10-16-31(36)34-29(23)19-26/h9,11-15,17-19,21,33H,1-8,10,16,20H2,(H,34,36)/b14-13+. The van der Waals surface area contributed by atoms with Gasteiger partial charge in [-0.2, -0.15) is 0 Å². The van der Waals surface area contributed by atoms with Crippen LogP contribution in [0, 0.1) is 5.92 Å². The van der Waals surface area contributed by atoms with Crippen molar-refractivity contribution in [1.29, 1.82) is 0 Å². The molecule has 2 saturated carbocycles. The molecule has 2 aliphatic carbocycles. The van der Waals surface area contributed by atoms with Gasteiger partial charge in [0.25, 0.3) is 0 Å². The van der Waals surface area contributed by atoms with Gasteiger partial charge in [0.2, 0.25) is 5.91 Å². The van der Waals surface area contributed by atoms with Crippen LogP contribution in [0.4, 0.5) is 11.4 Å². The van der Waals surface area contributed by atoms with E-state index in [2.05, 4.69) is 63.8 Å². The minimum absolute atomic E-state index is 0.100. The van der Waals surface area contributed by atoms with Crippen molar-refractivity contribution in [3.05, 3.63) is 76.1 Å². The monoisotopic (exact) mass is 499 g/mol. The van der Waals surface area contributed by atoms with Gasteiger partial charge in [0.1, 0.15) is 0 Å². The maximum absolute atomic E-state index is 11.9. The molecule has 6 rings (SSSR count). The molecule has 0 unspecified atom stereocenters. The number of allylic oxidation sites excluding steroid dienone is 2. The van der Waals surface area contributed by atoms with Gasteiger partial charge in [0, 0.05) is 51.7 Å². The molecule has 36 heavy (non-hydrogen) atoms. The van der Waals surface area contributed by atoms with Crippen molar-refractivity contribution < 1.29 is 4.79 Å². The number of hydrogen-bond acceptors (Lipinski definition) is 2. The van der Waals surface area contributed by atoms with Crippen molar-refractivity contribution in [1.82, 2.24) is 4.57 Å². The summed E-state index contributed by atoms with van der Waals surface area (Å²) >= 11 is 6.35. The van der Waals surface area contributed by atoms with Gasteiger partial charge >= 0.3 is 0 Å². The lowest BCUT2D eigenvalue weighted by molar-refractivity contribution is -0.116. The summed E-state index contributed by atoms with van der Waals surface area (Å²) in [6.45, 7) is 1.06. The van der Waals surface area contributed by atoms with Crippen LogP contribution in [0.2, 0.25) is 5.02 Å². The number of aromatic nitrogens is 1. The molecule has 1 aliphatic heterocycles. The second-order valence-corrected chi connectivity index (χ2v) is 11.1. The highest BCUT2D eigenvalue weighted by molar-refractivity contribution is 6.31.